The number of hydrogen-bond donors (Lipinski definition) is 1. The standard InChI is InChI=1S/C17H22ClN3/c1-3-15-14(8-9-19)16(4-2)21-17(20-15)11-12-6-5-7-13(18)10-12/h5-7,10H,3-4,8-9,11,19H2,1-2H3. The quantitative estimate of drug-likeness (QED) is 0.890. The summed E-state index contributed by atoms with van der Waals surface area (Å²) in [4.78, 5) is 9.47. The molecule has 0 fully saturated rings. The topological polar surface area (TPSA) is 51.8 Å². The second kappa shape index (κ2) is 7.53. The molecule has 0 aliphatic heterocycles. The van der Waals surface area contributed by atoms with Gasteiger partial charge in [0.25, 0.3) is 0 Å². The van der Waals surface area contributed by atoms with E-state index in [9.17, 15) is 0 Å². The molecule has 2 aromatic rings. The van der Waals surface area contributed by atoms with E-state index in [-0.39, 0.29) is 0 Å². The van der Waals surface area contributed by atoms with E-state index < -0.39 is 0 Å². The van der Waals surface area contributed by atoms with Gasteiger partial charge in [0, 0.05) is 22.8 Å². The van der Waals surface area contributed by atoms with Gasteiger partial charge in [-0.1, -0.05) is 37.6 Å². The number of halogens is 1. The fraction of sp³-hybridized carbons (Fsp3) is 0.412. The second-order valence-electron chi connectivity index (χ2n) is 5.06. The van der Waals surface area contributed by atoms with Gasteiger partial charge in [0.15, 0.2) is 0 Å². The molecule has 2 N–H and O–H groups in total. The highest BCUT2D eigenvalue weighted by Crippen LogP contribution is 2.17. The van der Waals surface area contributed by atoms with E-state index in [1.54, 1.807) is 0 Å². The lowest BCUT2D eigenvalue weighted by atomic mass is 10.0. The summed E-state index contributed by atoms with van der Waals surface area (Å²) >= 11 is 6.04. The highest BCUT2D eigenvalue weighted by molar-refractivity contribution is 6.30. The van der Waals surface area contributed by atoms with Crippen LogP contribution in [0, 0.1) is 0 Å². The lowest BCUT2D eigenvalue weighted by molar-refractivity contribution is 0.802. The lowest BCUT2D eigenvalue weighted by Crippen LogP contribution is -2.13. The molecule has 0 amide bonds. The highest BCUT2D eigenvalue weighted by atomic mass is 35.5. The number of rotatable bonds is 6. The van der Waals surface area contributed by atoms with Crippen LogP contribution in [-0.4, -0.2) is 16.5 Å². The van der Waals surface area contributed by atoms with E-state index in [0.717, 1.165) is 47.1 Å². The summed E-state index contributed by atoms with van der Waals surface area (Å²) in [6, 6.07) is 7.86. The predicted octanol–water partition coefficient (Wildman–Crippen LogP) is 3.35. The van der Waals surface area contributed by atoms with Crippen LogP contribution >= 0.6 is 11.6 Å². The molecular weight excluding hydrogens is 282 g/mol. The number of hydrogen-bond acceptors (Lipinski definition) is 3. The number of nitrogens with two attached hydrogens (primary N) is 1. The van der Waals surface area contributed by atoms with Gasteiger partial charge in [-0.2, -0.15) is 0 Å². The van der Waals surface area contributed by atoms with Crippen molar-refractivity contribution in [2.45, 2.75) is 39.5 Å². The lowest BCUT2D eigenvalue weighted by Gasteiger charge is -2.13. The Morgan fingerprint density at radius 1 is 1.10 bits per heavy atom. The van der Waals surface area contributed by atoms with Gasteiger partial charge in [-0.05, 0) is 49.1 Å². The molecule has 112 valence electrons. The Balaban J connectivity index is 2.36. The van der Waals surface area contributed by atoms with Crippen LogP contribution in [0.3, 0.4) is 0 Å². The largest absolute Gasteiger partial charge is 0.330 e. The van der Waals surface area contributed by atoms with Crippen LogP contribution in [0.15, 0.2) is 24.3 Å². The molecule has 1 aromatic heterocycles. The minimum atomic E-state index is 0.636. The van der Waals surface area contributed by atoms with E-state index in [1.165, 1.54) is 5.56 Å². The molecule has 0 saturated heterocycles. The van der Waals surface area contributed by atoms with Crippen LogP contribution in [0.25, 0.3) is 0 Å². The maximum Gasteiger partial charge on any atom is 0.133 e. The van der Waals surface area contributed by atoms with Gasteiger partial charge < -0.3 is 5.73 Å². The first kappa shape index (κ1) is 15.9. The molecule has 0 bridgehead atoms. The first-order valence-corrected chi connectivity index (χ1v) is 7.87. The Labute approximate surface area is 131 Å². The number of nitrogens with zero attached hydrogens (tertiary/aromatic N) is 2. The van der Waals surface area contributed by atoms with Crippen LogP contribution in [0.1, 0.15) is 42.2 Å². The van der Waals surface area contributed by atoms with Crippen molar-refractivity contribution in [1.29, 1.82) is 0 Å². The maximum atomic E-state index is 6.04. The van der Waals surface area contributed by atoms with Crippen LogP contribution in [0.2, 0.25) is 5.02 Å². The predicted molar refractivity (Wildman–Crippen MR) is 87.8 cm³/mol. The SMILES string of the molecule is CCc1nc(Cc2cccc(Cl)c2)nc(CC)c1CCN. The summed E-state index contributed by atoms with van der Waals surface area (Å²) in [5.41, 5.74) is 10.3. The van der Waals surface area contributed by atoms with Gasteiger partial charge in [-0.3, -0.25) is 0 Å². The maximum absolute atomic E-state index is 6.04. The molecule has 1 heterocycles. The molecule has 0 unspecified atom stereocenters. The van der Waals surface area contributed by atoms with Gasteiger partial charge in [0.2, 0.25) is 0 Å². The summed E-state index contributed by atoms with van der Waals surface area (Å²) in [5, 5.41) is 0.749. The molecule has 0 radical (unpaired) electrons. The van der Waals surface area contributed by atoms with Crippen LogP contribution in [-0.2, 0) is 25.7 Å². The monoisotopic (exact) mass is 303 g/mol. The van der Waals surface area contributed by atoms with Crippen LogP contribution in [0.5, 0.6) is 0 Å². The van der Waals surface area contributed by atoms with Crippen molar-refractivity contribution in [1.82, 2.24) is 9.97 Å². The summed E-state index contributed by atoms with van der Waals surface area (Å²) < 4.78 is 0. The van der Waals surface area contributed by atoms with E-state index in [4.69, 9.17) is 27.3 Å². The third kappa shape index (κ3) is 4.02. The number of aryl methyl sites for hydroxylation is 2. The third-order valence-electron chi connectivity index (χ3n) is 3.54. The Bertz CT molecular complexity index is 586. The summed E-state index contributed by atoms with van der Waals surface area (Å²) in [6.45, 7) is 4.90. The van der Waals surface area contributed by atoms with E-state index in [0.29, 0.717) is 13.0 Å². The zero-order chi connectivity index (χ0) is 15.2. The molecule has 4 heteroatoms. The molecule has 0 spiro atoms. The van der Waals surface area contributed by atoms with Crippen molar-refractivity contribution < 1.29 is 0 Å². The van der Waals surface area contributed by atoms with Crippen molar-refractivity contribution in [2.75, 3.05) is 6.54 Å². The molecule has 0 aliphatic carbocycles. The smallest absolute Gasteiger partial charge is 0.133 e. The van der Waals surface area contributed by atoms with Crippen molar-refractivity contribution >= 4 is 11.6 Å². The van der Waals surface area contributed by atoms with Gasteiger partial charge >= 0.3 is 0 Å². The van der Waals surface area contributed by atoms with Crippen LogP contribution < -0.4 is 5.73 Å². The second-order valence-corrected chi connectivity index (χ2v) is 5.50. The van der Waals surface area contributed by atoms with Crippen LogP contribution in [0.4, 0.5) is 0 Å². The molecule has 2 rings (SSSR count). The van der Waals surface area contributed by atoms with Crippen molar-refractivity contribution in [3.63, 3.8) is 0 Å². The molecule has 0 aliphatic rings. The Hall–Kier alpha value is -1.45. The number of benzene rings is 1. The molecule has 1 aromatic carbocycles. The first-order chi connectivity index (χ1) is 10.2. The minimum absolute atomic E-state index is 0.636. The zero-order valence-electron chi connectivity index (χ0n) is 12.7. The van der Waals surface area contributed by atoms with Gasteiger partial charge in [0.1, 0.15) is 5.82 Å². The van der Waals surface area contributed by atoms with Crippen molar-refractivity contribution in [3.8, 4) is 0 Å². The highest BCUT2D eigenvalue weighted by Gasteiger charge is 2.12. The molecule has 21 heavy (non-hydrogen) atoms. The number of aromatic nitrogens is 2. The Morgan fingerprint density at radius 3 is 2.29 bits per heavy atom. The Morgan fingerprint density at radius 2 is 1.76 bits per heavy atom. The minimum Gasteiger partial charge on any atom is -0.330 e. The first-order valence-electron chi connectivity index (χ1n) is 7.50. The van der Waals surface area contributed by atoms with Crippen molar-refractivity contribution in [3.05, 3.63) is 57.6 Å². The Kier molecular flexibility index (Phi) is 5.71. The summed E-state index contributed by atoms with van der Waals surface area (Å²) in [6.07, 6.45) is 3.38. The van der Waals surface area contributed by atoms with Crippen molar-refractivity contribution in [2.24, 2.45) is 5.73 Å². The van der Waals surface area contributed by atoms with E-state index in [2.05, 4.69) is 19.9 Å². The molecule has 0 saturated carbocycles. The normalized spacial score (nSPS) is 10.9. The fourth-order valence-corrected chi connectivity index (χ4v) is 2.78. The average molecular weight is 304 g/mol. The van der Waals surface area contributed by atoms with Gasteiger partial charge in [-0.25, -0.2) is 9.97 Å². The fourth-order valence-electron chi connectivity index (χ4n) is 2.56. The average Bonchev–Trinajstić information content (AvgIpc) is 2.48. The van der Waals surface area contributed by atoms with E-state index in [1.807, 2.05) is 18.2 Å². The molecule has 3 nitrogen and oxygen atoms in total. The molecule has 0 atom stereocenters. The van der Waals surface area contributed by atoms with E-state index >= 15 is 0 Å². The zero-order valence-corrected chi connectivity index (χ0v) is 13.5. The summed E-state index contributed by atoms with van der Waals surface area (Å²) in [7, 11) is 0. The molecular formula is C17H22ClN3. The van der Waals surface area contributed by atoms with Gasteiger partial charge in [0.05, 0.1) is 0 Å². The summed E-state index contributed by atoms with van der Waals surface area (Å²) in [5.74, 6) is 0.867. The van der Waals surface area contributed by atoms with Gasteiger partial charge in [-0.15, -0.1) is 0 Å². The third-order valence-corrected chi connectivity index (χ3v) is 3.78.